The Kier molecular flexibility index (Phi) is 4.74. The Labute approximate surface area is 124 Å². The predicted molar refractivity (Wildman–Crippen MR) is 84.1 cm³/mol. The van der Waals surface area contributed by atoms with Crippen LogP contribution >= 0.6 is 15.9 Å². The molecule has 1 aromatic rings. The first-order chi connectivity index (χ1) is 9.02. The van der Waals surface area contributed by atoms with Crippen molar-refractivity contribution < 1.29 is 4.74 Å². The molecule has 19 heavy (non-hydrogen) atoms. The van der Waals surface area contributed by atoms with E-state index in [1.165, 1.54) is 5.69 Å². The van der Waals surface area contributed by atoms with Crippen LogP contribution in [0, 0.1) is 5.92 Å². The van der Waals surface area contributed by atoms with Crippen LogP contribution in [0.1, 0.15) is 20.8 Å². The number of anilines is 1. The first kappa shape index (κ1) is 14.7. The summed E-state index contributed by atoms with van der Waals surface area (Å²) in [7, 11) is 1.70. The van der Waals surface area contributed by atoms with Crippen LogP contribution in [0.25, 0.3) is 0 Å². The molecule has 0 bridgehead atoms. The minimum Gasteiger partial charge on any atom is -0.496 e. The fraction of sp³-hybridized carbons (Fsp3) is 0.600. The van der Waals surface area contributed by atoms with Crippen LogP contribution in [0.2, 0.25) is 0 Å². The molecule has 2 rings (SSSR count). The summed E-state index contributed by atoms with van der Waals surface area (Å²) < 4.78 is 6.31. The summed E-state index contributed by atoms with van der Waals surface area (Å²) in [5.74, 6) is 1.53. The van der Waals surface area contributed by atoms with Gasteiger partial charge < -0.3 is 15.0 Å². The second-order valence-electron chi connectivity index (χ2n) is 5.58. The lowest BCUT2D eigenvalue weighted by atomic mass is 9.99. The highest BCUT2D eigenvalue weighted by Gasteiger charge is 2.27. The Morgan fingerprint density at radius 3 is 2.74 bits per heavy atom. The zero-order chi connectivity index (χ0) is 14.0. The third-order valence-corrected chi connectivity index (χ3v) is 4.49. The molecular weight excluding hydrogens is 304 g/mol. The van der Waals surface area contributed by atoms with E-state index in [1.807, 2.05) is 6.07 Å². The van der Waals surface area contributed by atoms with Crippen molar-refractivity contribution in [2.45, 2.75) is 32.9 Å². The van der Waals surface area contributed by atoms with Crippen molar-refractivity contribution in [3.63, 3.8) is 0 Å². The number of benzene rings is 1. The van der Waals surface area contributed by atoms with Crippen LogP contribution in [-0.2, 0) is 0 Å². The number of nitrogens with zero attached hydrogens (tertiary/aromatic N) is 1. The number of hydrogen-bond donors (Lipinski definition) is 1. The SMILES string of the molecule is COc1ccc(N2CC(C(C)C)NCC2C)cc1Br. The molecule has 1 saturated heterocycles. The Balaban J connectivity index is 2.21. The van der Waals surface area contributed by atoms with Crippen LogP contribution in [0.4, 0.5) is 5.69 Å². The van der Waals surface area contributed by atoms with Crippen LogP contribution in [-0.4, -0.2) is 32.3 Å². The molecule has 0 saturated carbocycles. The number of nitrogens with one attached hydrogen (secondary N) is 1. The standard InChI is InChI=1S/C15H23BrN2O/c1-10(2)14-9-18(11(3)8-17-14)12-5-6-15(19-4)13(16)7-12/h5-7,10-11,14,17H,8-9H2,1-4H3. The average Bonchev–Trinajstić information content (AvgIpc) is 2.38. The second kappa shape index (κ2) is 6.14. The molecule has 1 aliphatic heterocycles. The van der Waals surface area contributed by atoms with Gasteiger partial charge in [0.2, 0.25) is 0 Å². The van der Waals surface area contributed by atoms with Gasteiger partial charge in [0.25, 0.3) is 0 Å². The Morgan fingerprint density at radius 2 is 2.16 bits per heavy atom. The van der Waals surface area contributed by atoms with E-state index in [0.717, 1.165) is 23.3 Å². The van der Waals surface area contributed by atoms with E-state index in [-0.39, 0.29) is 0 Å². The lowest BCUT2D eigenvalue weighted by molar-refractivity contribution is 0.337. The van der Waals surface area contributed by atoms with Crippen LogP contribution in [0.3, 0.4) is 0 Å². The van der Waals surface area contributed by atoms with Crippen molar-refractivity contribution in [3.8, 4) is 5.75 Å². The molecule has 106 valence electrons. The van der Waals surface area contributed by atoms with E-state index in [4.69, 9.17) is 4.74 Å². The van der Waals surface area contributed by atoms with E-state index < -0.39 is 0 Å². The average molecular weight is 327 g/mol. The number of rotatable bonds is 3. The molecule has 1 aliphatic rings. The van der Waals surface area contributed by atoms with Gasteiger partial charge in [-0.2, -0.15) is 0 Å². The molecule has 0 aliphatic carbocycles. The van der Waals surface area contributed by atoms with E-state index in [0.29, 0.717) is 18.0 Å². The summed E-state index contributed by atoms with van der Waals surface area (Å²) in [4.78, 5) is 2.48. The summed E-state index contributed by atoms with van der Waals surface area (Å²) in [5.41, 5.74) is 1.26. The van der Waals surface area contributed by atoms with E-state index in [9.17, 15) is 0 Å². The minimum absolute atomic E-state index is 0.510. The summed E-state index contributed by atoms with van der Waals surface area (Å²) in [6.45, 7) is 8.90. The van der Waals surface area contributed by atoms with Gasteiger partial charge in [0.15, 0.2) is 0 Å². The molecule has 0 radical (unpaired) electrons. The first-order valence-corrected chi connectivity index (χ1v) is 7.65. The molecule has 0 aromatic heterocycles. The Morgan fingerprint density at radius 1 is 1.42 bits per heavy atom. The van der Waals surface area contributed by atoms with Crippen molar-refractivity contribution in [1.29, 1.82) is 0 Å². The number of ether oxygens (including phenoxy) is 1. The van der Waals surface area contributed by atoms with E-state index in [1.54, 1.807) is 7.11 Å². The monoisotopic (exact) mass is 326 g/mol. The van der Waals surface area contributed by atoms with Gasteiger partial charge in [-0.05, 0) is 47.0 Å². The molecule has 0 spiro atoms. The highest BCUT2D eigenvalue weighted by Crippen LogP contribution is 2.31. The summed E-state index contributed by atoms with van der Waals surface area (Å²) in [5, 5.41) is 3.63. The van der Waals surface area contributed by atoms with Gasteiger partial charge >= 0.3 is 0 Å². The van der Waals surface area contributed by atoms with Gasteiger partial charge in [-0.3, -0.25) is 0 Å². The van der Waals surface area contributed by atoms with Crippen LogP contribution < -0.4 is 15.0 Å². The largest absolute Gasteiger partial charge is 0.496 e. The second-order valence-corrected chi connectivity index (χ2v) is 6.43. The normalized spacial score (nSPS) is 23.8. The van der Waals surface area contributed by atoms with Crippen molar-refractivity contribution in [3.05, 3.63) is 22.7 Å². The summed E-state index contributed by atoms with van der Waals surface area (Å²) >= 11 is 3.57. The maximum atomic E-state index is 5.30. The van der Waals surface area contributed by atoms with E-state index >= 15 is 0 Å². The fourth-order valence-electron chi connectivity index (χ4n) is 2.53. The molecule has 1 heterocycles. The van der Waals surface area contributed by atoms with Gasteiger partial charge in [0.05, 0.1) is 11.6 Å². The zero-order valence-corrected chi connectivity index (χ0v) is 13.7. The van der Waals surface area contributed by atoms with Crippen LogP contribution in [0.15, 0.2) is 22.7 Å². The highest BCUT2D eigenvalue weighted by atomic mass is 79.9. The smallest absolute Gasteiger partial charge is 0.133 e. The lowest BCUT2D eigenvalue weighted by Gasteiger charge is -2.42. The summed E-state index contributed by atoms with van der Waals surface area (Å²) in [6, 6.07) is 7.38. The topological polar surface area (TPSA) is 24.5 Å². The highest BCUT2D eigenvalue weighted by molar-refractivity contribution is 9.10. The molecule has 0 amide bonds. The zero-order valence-electron chi connectivity index (χ0n) is 12.1. The molecule has 1 aromatic carbocycles. The van der Waals surface area contributed by atoms with Gasteiger partial charge in [-0.25, -0.2) is 0 Å². The minimum atomic E-state index is 0.510. The molecular formula is C15H23BrN2O. The van der Waals surface area contributed by atoms with E-state index in [2.05, 4.69) is 59.1 Å². The molecule has 1 N–H and O–H groups in total. The van der Waals surface area contributed by atoms with Gasteiger partial charge in [0.1, 0.15) is 5.75 Å². The van der Waals surface area contributed by atoms with Crippen LogP contribution in [0.5, 0.6) is 5.75 Å². The Bertz CT molecular complexity index is 436. The lowest BCUT2D eigenvalue weighted by Crippen LogP contribution is -2.57. The van der Waals surface area contributed by atoms with Crippen molar-refractivity contribution >= 4 is 21.6 Å². The molecule has 2 atom stereocenters. The third kappa shape index (κ3) is 3.23. The molecule has 3 nitrogen and oxygen atoms in total. The maximum Gasteiger partial charge on any atom is 0.133 e. The fourth-order valence-corrected chi connectivity index (χ4v) is 3.06. The maximum absolute atomic E-state index is 5.30. The van der Waals surface area contributed by atoms with Crippen molar-refractivity contribution in [2.24, 2.45) is 5.92 Å². The van der Waals surface area contributed by atoms with Gasteiger partial charge in [0, 0.05) is 30.9 Å². The quantitative estimate of drug-likeness (QED) is 0.922. The van der Waals surface area contributed by atoms with Crippen molar-refractivity contribution in [1.82, 2.24) is 5.32 Å². The Hall–Kier alpha value is -0.740. The summed E-state index contributed by atoms with van der Waals surface area (Å²) in [6.07, 6.45) is 0. The number of methoxy groups -OCH3 is 1. The molecule has 2 unspecified atom stereocenters. The molecule has 4 heteroatoms. The first-order valence-electron chi connectivity index (χ1n) is 6.86. The predicted octanol–water partition coefficient (Wildman–Crippen LogP) is 3.28. The number of hydrogen-bond acceptors (Lipinski definition) is 3. The molecule has 1 fully saturated rings. The third-order valence-electron chi connectivity index (χ3n) is 3.87. The number of piperazine rings is 1. The van der Waals surface area contributed by atoms with Gasteiger partial charge in [-0.15, -0.1) is 0 Å². The van der Waals surface area contributed by atoms with Gasteiger partial charge in [-0.1, -0.05) is 13.8 Å². The number of halogens is 1. The van der Waals surface area contributed by atoms with Crippen molar-refractivity contribution in [2.75, 3.05) is 25.1 Å².